The summed E-state index contributed by atoms with van der Waals surface area (Å²) >= 11 is 0. The molecule has 0 unspecified atom stereocenters. The lowest BCUT2D eigenvalue weighted by atomic mass is 9.99. The van der Waals surface area contributed by atoms with Crippen molar-refractivity contribution in [3.05, 3.63) is 81.5 Å². The van der Waals surface area contributed by atoms with Crippen LogP contribution in [0.3, 0.4) is 0 Å². The first-order valence-electron chi connectivity index (χ1n) is 10.6. The van der Waals surface area contributed by atoms with E-state index in [4.69, 9.17) is 0 Å². The van der Waals surface area contributed by atoms with Crippen molar-refractivity contribution in [3.63, 3.8) is 0 Å². The Bertz CT molecular complexity index is 1090. The van der Waals surface area contributed by atoms with Crippen LogP contribution in [0.15, 0.2) is 53.3 Å². The molecule has 0 saturated heterocycles. The van der Waals surface area contributed by atoms with E-state index in [9.17, 15) is 14.7 Å². The van der Waals surface area contributed by atoms with Crippen molar-refractivity contribution >= 4 is 5.97 Å². The molecule has 30 heavy (non-hydrogen) atoms. The minimum Gasteiger partial charge on any atom is -0.478 e. The normalized spacial score (nSPS) is 11.2. The summed E-state index contributed by atoms with van der Waals surface area (Å²) in [6.07, 6.45) is 3.02. The molecule has 0 radical (unpaired) electrons. The molecular formula is C25H30N2O3. The van der Waals surface area contributed by atoms with E-state index in [1.165, 1.54) is 0 Å². The highest BCUT2D eigenvalue weighted by molar-refractivity contribution is 5.95. The molecule has 5 heteroatoms. The molecular weight excluding hydrogens is 376 g/mol. The number of carboxylic acids is 1. The number of carbonyl (C=O) groups is 1. The van der Waals surface area contributed by atoms with Crippen LogP contribution in [0, 0.1) is 6.92 Å². The smallest absolute Gasteiger partial charge is 0.336 e. The molecule has 158 valence electrons. The third kappa shape index (κ3) is 4.25. The number of aromatic carboxylic acids is 1. The highest BCUT2D eigenvalue weighted by atomic mass is 16.4. The quantitative estimate of drug-likeness (QED) is 0.552. The summed E-state index contributed by atoms with van der Waals surface area (Å²) in [6.45, 7) is 8.78. The summed E-state index contributed by atoms with van der Waals surface area (Å²) in [5, 5.41) is 9.44. The highest BCUT2D eigenvalue weighted by Crippen LogP contribution is 2.25. The Kier molecular flexibility index (Phi) is 6.60. The molecule has 0 aliphatic rings. The van der Waals surface area contributed by atoms with Gasteiger partial charge in [-0.2, -0.15) is 0 Å². The molecule has 1 heterocycles. The first-order valence-corrected chi connectivity index (χ1v) is 10.6. The number of benzene rings is 2. The van der Waals surface area contributed by atoms with Gasteiger partial charge in [0.2, 0.25) is 0 Å². The van der Waals surface area contributed by atoms with Crippen LogP contribution in [0.1, 0.15) is 67.0 Å². The molecule has 5 nitrogen and oxygen atoms in total. The molecule has 2 aromatic carbocycles. The summed E-state index contributed by atoms with van der Waals surface area (Å²) in [5.41, 5.74) is 5.05. The van der Waals surface area contributed by atoms with E-state index < -0.39 is 5.97 Å². The van der Waals surface area contributed by atoms with Crippen LogP contribution in [-0.2, 0) is 13.0 Å². The van der Waals surface area contributed by atoms with E-state index in [1.54, 1.807) is 12.1 Å². The number of hydrogen-bond acceptors (Lipinski definition) is 2. The van der Waals surface area contributed by atoms with Gasteiger partial charge in [0.15, 0.2) is 0 Å². The number of hydrogen-bond donors (Lipinski definition) is 1. The van der Waals surface area contributed by atoms with Crippen LogP contribution in [0.4, 0.5) is 0 Å². The van der Waals surface area contributed by atoms with Crippen molar-refractivity contribution in [3.8, 4) is 11.1 Å². The van der Waals surface area contributed by atoms with Crippen molar-refractivity contribution in [2.45, 2.75) is 59.5 Å². The van der Waals surface area contributed by atoms with E-state index in [0.29, 0.717) is 12.1 Å². The molecule has 0 spiro atoms. The Morgan fingerprint density at radius 2 is 1.73 bits per heavy atom. The zero-order valence-corrected chi connectivity index (χ0v) is 18.2. The third-order valence-corrected chi connectivity index (χ3v) is 5.59. The van der Waals surface area contributed by atoms with E-state index in [0.717, 1.165) is 41.8 Å². The fourth-order valence-corrected chi connectivity index (χ4v) is 4.05. The monoisotopic (exact) mass is 406 g/mol. The second-order valence-electron chi connectivity index (χ2n) is 8.02. The second-order valence-corrected chi connectivity index (χ2v) is 8.02. The fourth-order valence-electron chi connectivity index (χ4n) is 4.05. The summed E-state index contributed by atoms with van der Waals surface area (Å²) < 4.78 is 3.77. The number of rotatable bonds is 8. The van der Waals surface area contributed by atoms with Gasteiger partial charge in [0, 0.05) is 17.4 Å². The molecule has 1 aromatic heterocycles. The molecule has 0 fully saturated rings. The first-order chi connectivity index (χ1) is 14.3. The maximum Gasteiger partial charge on any atom is 0.336 e. The number of carboxylic acid groups (broad SMARTS) is 1. The predicted octanol–water partition coefficient (Wildman–Crippen LogP) is 5.30. The Hall–Kier alpha value is -3.08. The number of nitrogens with zero attached hydrogens (tertiary/aromatic N) is 2. The average Bonchev–Trinajstić information content (AvgIpc) is 2.96. The lowest BCUT2D eigenvalue weighted by Crippen LogP contribution is -2.27. The lowest BCUT2D eigenvalue weighted by molar-refractivity contribution is 0.0697. The molecule has 1 N–H and O–H groups in total. The van der Waals surface area contributed by atoms with Crippen molar-refractivity contribution < 1.29 is 9.90 Å². The van der Waals surface area contributed by atoms with Gasteiger partial charge in [-0.15, -0.1) is 0 Å². The number of aromatic nitrogens is 2. The lowest BCUT2D eigenvalue weighted by Gasteiger charge is -2.10. The zero-order chi connectivity index (χ0) is 21.8. The van der Waals surface area contributed by atoms with Crippen LogP contribution >= 0.6 is 0 Å². The standard InChI is InChI=1S/C25H30N2O3/c1-5-6-11-23-18(4)27(17(2)3)25(30)26(23)16-19-12-14-20(15-13-19)21-9-7-8-10-22(21)24(28)29/h7-10,12-15,17H,5-6,11,16H2,1-4H3,(H,28,29). The van der Waals surface area contributed by atoms with Gasteiger partial charge in [-0.3, -0.25) is 9.13 Å². The van der Waals surface area contributed by atoms with Gasteiger partial charge in [-0.1, -0.05) is 55.8 Å². The van der Waals surface area contributed by atoms with Gasteiger partial charge in [0.1, 0.15) is 0 Å². The number of imidazole rings is 1. The third-order valence-electron chi connectivity index (χ3n) is 5.59. The Morgan fingerprint density at radius 1 is 1.07 bits per heavy atom. The SMILES string of the molecule is CCCCc1c(C)n(C(C)C)c(=O)n1Cc1ccc(-c2ccccc2C(=O)O)cc1. The van der Waals surface area contributed by atoms with Crippen LogP contribution in [0.2, 0.25) is 0 Å². The molecule has 3 rings (SSSR count). The van der Waals surface area contributed by atoms with E-state index in [-0.39, 0.29) is 17.3 Å². The van der Waals surface area contributed by atoms with Gasteiger partial charge in [0.25, 0.3) is 0 Å². The first kappa shape index (κ1) is 21.6. The molecule has 0 aliphatic heterocycles. The van der Waals surface area contributed by atoms with Gasteiger partial charge < -0.3 is 5.11 Å². The summed E-state index contributed by atoms with van der Waals surface area (Å²) in [7, 11) is 0. The van der Waals surface area contributed by atoms with E-state index >= 15 is 0 Å². The predicted molar refractivity (Wildman–Crippen MR) is 120 cm³/mol. The van der Waals surface area contributed by atoms with Crippen molar-refractivity contribution in [2.24, 2.45) is 0 Å². The maximum atomic E-state index is 13.1. The van der Waals surface area contributed by atoms with Crippen molar-refractivity contribution in [1.82, 2.24) is 9.13 Å². The van der Waals surface area contributed by atoms with Crippen LogP contribution in [-0.4, -0.2) is 20.2 Å². The van der Waals surface area contributed by atoms with Gasteiger partial charge in [-0.05, 0) is 56.4 Å². The van der Waals surface area contributed by atoms with Crippen molar-refractivity contribution in [2.75, 3.05) is 0 Å². The minimum atomic E-state index is -0.938. The highest BCUT2D eigenvalue weighted by Gasteiger charge is 2.18. The zero-order valence-electron chi connectivity index (χ0n) is 18.2. The second kappa shape index (κ2) is 9.16. The topological polar surface area (TPSA) is 64.2 Å². The molecule has 0 amide bonds. The van der Waals surface area contributed by atoms with Gasteiger partial charge in [-0.25, -0.2) is 9.59 Å². The van der Waals surface area contributed by atoms with Crippen molar-refractivity contribution in [1.29, 1.82) is 0 Å². The molecule has 0 aliphatic carbocycles. The molecule has 0 bridgehead atoms. The van der Waals surface area contributed by atoms with E-state index in [1.807, 2.05) is 66.3 Å². The average molecular weight is 407 g/mol. The van der Waals surface area contributed by atoms with Gasteiger partial charge >= 0.3 is 11.7 Å². The summed E-state index contributed by atoms with van der Waals surface area (Å²) in [4.78, 5) is 24.6. The summed E-state index contributed by atoms with van der Waals surface area (Å²) in [6, 6.07) is 14.9. The van der Waals surface area contributed by atoms with Crippen LogP contribution in [0.5, 0.6) is 0 Å². The fraction of sp³-hybridized carbons (Fsp3) is 0.360. The van der Waals surface area contributed by atoms with Crippen LogP contribution < -0.4 is 5.69 Å². The van der Waals surface area contributed by atoms with Crippen LogP contribution in [0.25, 0.3) is 11.1 Å². The number of unbranched alkanes of at least 4 members (excludes halogenated alkanes) is 1. The largest absolute Gasteiger partial charge is 0.478 e. The summed E-state index contributed by atoms with van der Waals surface area (Å²) in [5.74, 6) is -0.938. The molecule has 3 aromatic rings. The maximum absolute atomic E-state index is 13.1. The van der Waals surface area contributed by atoms with E-state index in [2.05, 4.69) is 6.92 Å². The Morgan fingerprint density at radius 3 is 2.33 bits per heavy atom. The minimum absolute atomic E-state index is 0.0360. The molecule has 0 atom stereocenters. The molecule has 0 saturated carbocycles. The Labute approximate surface area is 177 Å². The Balaban J connectivity index is 1.95. The van der Waals surface area contributed by atoms with Gasteiger partial charge in [0.05, 0.1) is 12.1 Å².